The predicted octanol–water partition coefficient (Wildman–Crippen LogP) is 2.78. The number of pyridine rings is 1. The Hall–Kier alpha value is -2.93. The Morgan fingerprint density at radius 2 is 1.71 bits per heavy atom. The van der Waals surface area contributed by atoms with Gasteiger partial charge in [0.15, 0.2) is 5.78 Å². The van der Waals surface area contributed by atoms with E-state index < -0.39 is 0 Å². The largest absolute Gasteiger partial charge is 4.00 e. The van der Waals surface area contributed by atoms with E-state index in [-0.39, 0.29) is 41.3 Å². The Morgan fingerprint density at radius 3 is 2.32 bits per heavy atom. The molecular formula is C21H18N2O4V. The van der Waals surface area contributed by atoms with E-state index in [4.69, 9.17) is 0 Å². The van der Waals surface area contributed by atoms with Gasteiger partial charge in [-0.25, -0.2) is 0 Å². The van der Waals surface area contributed by atoms with E-state index in [1.807, 2.05) is 36.4 Å². The van der Waals surface area contributed by atoms with Crippen LogP contribution in [0.2, 0.25) is 0 Å². The summed E-state index contributed by atoms with van der Waals surface area (Å²) in [6, 6.07) is 16.5. The van der Waals surface area contributed by atoms with Crippen LogP contribution in [0, 0.1) is 0 Å². The molecule has 0 aliphatic heterocycles. The first-order chi connectivity index (χ1) is 12.5. The number of fused-ring (bicyclic) bond motifs is 1. The first-order valence-electron chi connectivity index (χ1n) is 7.97. The summed E-state index contributed by atoms with van der Waals surface area (Å²) in [5.41, 5.74) is 2.18. The third-order valence-corrected chi connectivity index (χ3v) is 3.28. The monoisotopic (exact) mass is 413 g/mol. The van der Waals surface area contributed by atoms with Gasteiger partial charge in [0.1, 0.15) is 0 Å². The number of hydrogen-bond donors (Lipinski definition) is 0. The molecule has 0 fully saturated rings. The van der Waals surface area contributed by atoms with E-state index in [0.29, 0.717) is 5.56 Å². The number of hydrogen-bond acceptors (Lipinski definition) is 5. The van der Waals surface area contributed by atoms with Gasteiger partial charge in [0, 0.05) is 17.8 Å². The van der Waals surface area contributed by atoms with Crippen LogP contribution in [0.25, 0.3) is 10.9 Å². The van der Waals surface area contributed by atoms with E-state index >= 15 is 0 Å². The maximum Gasteiger partial charge on any atom is 4.00 e. The maximum atomic E-state index is 11.6. The number of carbonyl (C=O) groups is 1. The van der Waals surface area contributed by atoms with Gasteiger partial charge in [0.25, 0.3) is 0 Å². The molecule has 2 aromatic carbocycles. The fourth-order valence-corrected chi connectivity index (χ4v) is 2.20. The zero-order chi connectivity index (χ0) is 18.9. The van der Waals surface area contributed by atoms with Crippen LogP contribution in [0.5, 0.6) is 5.75 Å². The molecule has 0 amide bonds. The molecular weight excluding hydrogens is 395 g/mol. The zero-order valence-corrected chi connectivity index (χ0v) is 16.8. The molecule has 6 nitrogen and oxygen atoms in total. The van der Waals surface area contributed by atoms with E-state index in [1.165, 1.54) is 19.9 Å². The normalized spacial score (nSPS) is 10.4. The fourth-order valence-electron chi connectivity index (χ4n) is 2.20. The van der Waals surface area contributed by atoms with Crippen LogP contribution in [0.4, 0.5) is 5.69 Å². The maximum absolute atomic E-state index is 11.6. The molecule has 0 atom stereocenters. The van der Waals surface area contributed by atoms with Crippen LogP contribution in [0.1, 0.15) is 19.4 Å². The molecule has 1 aromatic heterocycles. The van der Waals surface area contributed by atoms with Crippen LogP contribution in [-0.4, -0.2) is 17.0 Å². The van der Waals surface area contributed by atoms with Crippen LogP contribution >= 0.6 is 0 Å². The minimum Gasteiger partial charge on any atom is -2.00 e. The van der Waals surface area contributed by atoms with Crippen LogP contribution < -0.4 is 10.2 Å². The molecule has 0 spiro atoms. The van der Waals surface area contributed by atoms with Gasteiger partial charge in [0.05, 0.1) is 11.2 Å². The van der Waals surface area contributed by atoms with Gasteiger partial charge in [-0.3, -0.25) is 14.8 Å². The summed E-state index contributed by atoms with van der Waals surface area (Å²) in [6.45, 7) is 2.70. The van der Waals surface area contributed by atoms with Gasteiger partial charge >= 0.3 is 18.6 Å². The second kappa shape index (κ2) is 12.5. The van der Waals surface area contributed by atoms with Gasteiger partial charge in [0.2, 0.25) is 0 Å². The molecule has 0 saturated carbocycles. The first-order valence-corrected chi connectivity index (χ1v) is 7.97. The van der Waals surface area contributed by atoms with Crippen molar-refractivity contribution in [3.05, 3.63) is 78.2 Å². The number of para-hydroxylation sites is 2. The molecule has 0 bridgehead atoms. The molecule has 3 rings (SSSR count). The Labute approximate surface area is 175 Å². The van der Waals surface area contributed by atoms with Crippen molar-refractivity contribution in [3.63, 3.8) is 0 Å². The van der Waals surface area contributed by atoms with Crippen molar-refractivity contribution >= 4 is 28.6 Å². The number of carbonyl (C=O) groups excluding carboxylic acids is 1. The summed E-state index contributed by atoms with van der Waals surface area (Å²) in [7, 11) is 0. The standard InChI is InChI=1S/C16H12N2O.C5H8O2.O.V/c19-15-9-2-1-5-13(15)11-18-14-8-3-6-12-7-4-10-17-16(12)14;1-4(6)3-5(2)7;;/h1-11,19H;3,6H,1-2H3;;/q;;-2;+4/p-2/b;4-3-;;. The summed E-state index contributed by atoms with van der Waals surface area (Å²) >= 11 is 0. The molecule has 0 N–H and O–H groups in total. The molecule has 141 valence electrons. The number of nitrogens with zero attached hydrogens (tertiary/aromatic N) is 2. The second-order valence-corrected chi connectivity index (χ2v) is 5.51. The van der Waals surface area contributed by atoms with Crippen LogP contribution in [0.3, 0.4) is 0 Å². The van der Waals surface area contributed by atoms with E-state index in [2.05, 4.69) is 9.98 Å². The van der Waals surface area contributed by atoms with Crippen molar-refractivity contribution in [2.24, 2.45) is 4.99 Å². The molecule has 1 radical (unpaired) electrons. The Bertz CT molecular complexity index is 962. The van der Waals surface area contributed by atoms with Crippen molar-refractivity contribution in [2.75, 3.05) is 0 Å². The minimum absolute atomic E-state index is 0. The van der Waals surface area contributed by atoms with Gasteiger partial charge in [-0.2, -0.15) is 0 Å². The summed E-state index contributed by atoms with van der Waals surface area (Å²) in [5.74, 6) is -0.403. The quantitative estimate of drug-likeness (QED) is 0.373. The predicted molar refractivity (Wildman–Crippen MR) is 100 cm³/mol. The Balaban J connectivity index is 0.000000707. The number of aliphatic imine (C=N–C) groups is 1. The van der Waals surface area contributed by atoms with Crippen LogP contribution in [-0.2, 0) is 28.8 Å². The average Bonchev–Trinajstić information content (AvgIpc) is 2.60. The molecule has 0 aliphatic carbocycles. The van der Waals surface area contributed by atoms with Gasteiger partial charge in [-0.05, 0) is 30.7 Å². The van der Waals surface area contributed by atoms with Crippen molar-refractivity contribution in [1.29, 1.82) is 0 Å². The number of ketones is 1. The third kappa shape index (κ3) is 7.76. The molecule has 0 unspecified atom stereocenters. The molecule has 3 aromatic rings. The number of benzene rings is 2. The third-order valence-electron chi connectivity index (χ3n) is 3.28. The molecule has 1 heterocycles. The van der Waals surface area contributed by atoms with Gasteiger partial charge < -0.3 is 15.7 Å². The van der Waals surface area contributed by atoms with Gasteiger partial charge in [-0.15, -0.1) is 11.5 Å². The molecule has 0 aliphatic rings. The van der Waals surface area contributed by atoms with Crippen molar-refractivity contribution in [1.82, 2.24) is 4.98 Å². The minimum atomic E-state index is -0.187. The van der Waals surface area contributed by atoms with Crippen LogP contribution in [0.15, 0.2) is 77.6 Å². The zero-order valence-electron chi connectivity index (χ0n) is 15.4. The fraction of sp³-hybridized carbons (Fsp3) is 0.0952. The van der Waals surface area contributed by atoms with E-state index in [0.717, 1.165) is 22.7 Å². The summed E-state index contributed by atoms with van der Waals surface area (Å²) in [6.07, 6.45) is 4.38. The molecule has 7 heteroatoms. The molecule has 0 saturated heterocycles. The summed E-state index contributed by atoms with van der Waals surface area (Å²) in [5, 5.41) is 22.6. The van der Waals surface area contributed by atoms with Crippen molar-refractivity contribution in [2.45, 2.75) is 13.8 Å². The van der Waals surface area contributed by atoms with E-state index in [1.54, 1.807) is 24.5 Å². The summed E-state index contributed by atoms with van der Waals surface area (Å²) in [4.78, 5) is 18.7. The molecule has 28 heavy (non-hydrogen) atoms. The Kier molecular flexibility index (Phi) is 11.2. The smallest absolute Gasteiger partial charge is 2.00 e. The topological polar surface area (TPSA) is 117 Å². The van der Waals surface area contributed by atoms with E-state index in [9.17, 15) is 15.0 Å². The number of aromatic nitrogens is 1. The first kappa shape index (κ1) is 25.1. The van der Waals surface area contributed by atoms with Gasteiger partial charge in [-0.1, -0.05) is 49.4 Å². The Morgan fingerprint density at radius 1 is 1.04 bits per heavy atom. The van der Waals surface area contributed by atoms with Crippen molar-refractivity contribution in [3.8, 4) is 5.75 Å². The average molecular weight is 413 g/mol. The summed E-state index contributed by atoms with van der Waals surface area (Å²) < 4.78 is 0. The SMILES string of the molecule is CC(=O)/C=C(/C)[O-].[O-2].[O-]c1ccccc1C=Nc1cccc2cccnc12.[V+4]. The van der Waals surface area contributed by atoms with Crippen molar-refractivity contribution < 1.29 is 39.0 Å². The number of rotatable bonds is 3. The number of allylic oxidation sites excluding steroid dienone is 2. The second-order valence-electron chi connectivity index (χ2n) is 5.51.